The van der Waals surface area contributed by atoms with Gasteiger partial charge in [-0.3, -0.25) is 14.4 Å². The number of aromatic amines is 1. The summed E-state index contributed by atoms with van der Waals surface area (Å²) in [4.78, 5) is 56.1. The van der Waals surface area contributed by atoms with Crippen molar-refractivity contribution in [3.05, 3.63) is 82.6 Å². The molecule has 2 aliphatic heterocycles. The highest BCUT2D eigenvalue weighted by molar-refractivity contribution is 7.99. The van der Waals surface area contributed by atoms with Crippen molar-refractivity contribution < 1.29 is 19.1 Å². The van der Waals surface area contributed by atoms with Crippen LogP contribution in [0.25, 0.3) is 10.9 Å². The van der Waals surface area contributed by atoms with Crippen LogP contribution in [0.5, 0.6) is 0 Å². The number of rotatable bonds is 10. The summed E-state index contributed by atoms with van der Waals surface area (Å²) < 4.78 is 5.68. The Morgan fingerprint density at radius 2 is 1.76 bits per heavy atom. The van der Waals surface area contributed by atoms with Crippen molar-refractivity contribution in [2.24, 2.45) is 17.4 Å². The Morgan fingerprint density at radius 3 is 2.56 bits per heavy atom. The summed E-state index contributed by atoms with van der Waals surface area (Å²) in [6, 6.07) is 14.3. The number of benzene rings is 2. The minimum Gasteiger partial charge on any atom is -0.378 e. The summed E-state index contributed by atoms with van der Waals surface area (Å²) in [6.45, 7) is 4.02. The number of ether oxygens (including phenoxy) is 1. The van der Waals surface area contributed by atoms with E-state index in [1.165, 1.54) is 11.8 Å². The number of morpholine rings is 1. The molecule has 4 heterocycles. The van der Waals surface area contributed by atoms with Gasteiger partial charge in [0.2, 0.25) is 11.8 Å². The second kappa shape index (κ2) is 19.7. The second-order valence-electron chi connectivity index (χ2n) is 14.3. The number of amides is 2. The molecule has 7 N–H and O–H groups in total. The first kappa shape index (κ1) is 40.7. The highest BCUT2D eigenvalue weighted by Crippen LogP contribution is 2.41. The van der Waals surface area contributed by atoms with Gasteiger partial charge in [-0.25, -0.2) is 4.98 Å². The van der Waals surface area contributed by atoms with Crippen molar-refractivity contribution >= 4 is 57.6 Å². The fourth-order valence-electron chi connectivity index (χ4n) is 7.53. The third-order valence-corrected chi connectivity index (χ3v) is 12.3. The van der Waals surface area contributed by atoms with Crippen LogP contribution in [-0.2, 0) is 38.6 Å². The van der Waals surface area contributed by atoms with E-state index in [1.54, 1.807) is 18.1 Å². The molecule has 1 fully saturated rings. The lowest BCUT2D eigenvalue weighted by atomic mass is 9.90. The number of likely N-dealkylation sites (N-methyl/N-ethyl adjacent to an activating group) is 1. The van der Waals surface area contributed by atoms with E-state index in [0.717, 1.165) is 49.6 Å². The number of Topliss-reactive ketones (excluding diaryl/α,β-unsaturated/α-hetero) is 1. The number of unbranched alkanes of at least 4 members (excludes halogenated alkanes) is 1. The van der Waals surface area contributed by atoms with Crippen molar-refractivity contribution in [3.63, 3.8) is 0 Å². The lowest BCUT2D eigenvalue weighted by molar-refractivity contribution is -0.143. The van der Waals surface area contributed by atoms with Crippen molar-refractivity contribution in [2.75, 3.05) is 51.3 Å². The summed E-state index contributed by atoms with van der Waals surface area (Å²) in [7, 11) is 1.68. The maximum Gasteiger partial charge on any atom is 0.243 e. The second-order valence-corrected chi connectivity index (χ2v) is 15.7. The SMILES string of the molecule is CN1C(=O)[C@H](CCCCN)CC(=O)[C@H](CCCN)NCc2cccnc2Sc2c(Cl)ccc(N3CCOCC3)c2CNC(=O)[C@@H]1Cc1c[nH]c2ccccc12. The van der Waals surface area contributed by atoms with Gasteiger partial charge in [-0.05, 0) is 74.2 Å². The number of ketones is 1. The molecule has 6 rings (SSSR count). The molecule has 0 bridgehead atoms. The number of nitrogens with zero attached hydrogens (tertiary/aromatic N) is 3. The number of fused-ring (bicyclic) bond motifs is 3. The Kier molecular flexibility index (Phi) is 14.6. The molecule has 55 heavy (non-hydrogen) atoms. The van der Waals surface area contributed by atoms with Gasteiger partial charge < -0.3 is 41.6 Å². The molecular formula is C41H53ClN8O4S. The Labute approximate surface area is 332 Å². The van der Waals surface area contributed by atoms with E-state index in [9.17, 15) is 14.4 Å². The normalized spacial score (nSPS) is 20.6. The molecule has 3 atom stereocenters. The van der Waals surface area contributed by atoms with Gasteiger partial charge >= 0.3 is 0 Å². The van der Waals surface area contributed by atoms with Crippen molar-refractivity contribution in [3.8, 4) is 0 Å². The van der Waals surface area contributed by atoms with Crippen LogP contribution < -0.4 is 27.0 Å². The molecule has 294 valence electrons. The van der Waals surface area contributed by atoms with Crippen LogP contribution in [0.1, 0.15) is 55.2 Å². The monoisotopic (exact) mass is 788 g/mol. The average Bonchev–Trinajstić information content (AvgIpc) is 3.62. The molecule has 0 spiro atoms. The number of para-hydroxylation sites is 1. The van der Waals surface area contributed by atoms with E-state index in [-0.39, 0.29) is 37.0 Å². The molecule has 12 nitrogen and oxygen atoms in total. The third-order valence-electron chi connectivity index (χ3n) is 10.7. The van der Waals surface area contributed by atoms with Gasteiger partial charge in [-0.15, -0.1) is 0 Å². The fourth-order valence-corrected chi connectivity index (χ4v) is 8.87. The van der Waals surface area contributed by atoms with E-state index in [0.29, 0.717) is 76.6 Å². The molecule has 2 aromatic heterocycles. The van der Waals surface area contributed by atoms with E-state index in [4.69, 9.17) is 32.8 Å². The molecule has 2 aliphatic rings. The Morgan fingerprint density at radius 1 is 0.964 bits per heavy atom. The average molecular weight is 789 g/mol. The molecule has 0 unspecified atom stereocenters. The maximum atomic E-state index is 14.7. The zero-order valence-electron chi connectivity index (χ0n) is 31.5. The number of H-pyrrole nitrogens is 1. The van der Waals surface area contributed by atoms with E-state index < -0.39 is 18.0 Å². The van der Waals surface area contributed by atoms with Crippen LogP contribution in [0.3, 0.4) is 0 Å². The third kappa shape index (κ3) is 10.1. The van der Waals surface area contributed by atoms with Crippen LogP contribution in [0.2, 0.25) is 5.02 Å². The minimum absolute atomic E-state index is 0.0377. The number of halogens is 1. The fraction of sp³-hybridized carbons (Fsp3) is 0.463. The summed E-state index contributed by atoms with van der Waals surface area (Å²) >= 11 is 8.47. The molecule has 2 amide bonds. The molecule has 0 radical (unpaired) electrons. The Balaban J connectivity index is 1.44. The van der Waals surface area contributed by atoms with Crippen LogP contribution >= 0.6 is 23.4 Å². The van der Waals surface area contributed by atoms with E-state index >= 15 is 0 Å². The number of nitrogens with two attached hydrogens (primary N) is 2. The lowest BCUT2D eigenvalue weighted by Gasteiger charge is -2.33. The number of nitrogens with one attached hydrogen (secondary N) is 3. The molecule has 0 saturated carbocycles. The van der Waals surface area contributed by atoms with Gasteiger partial charge in [0.25, 0.3) is 0 Å². The number of pyridine rings is 1. The zero-order valence-corrected chi connectivity index (χ0v) is 33.1. The molecular weight excluding hydrogens is 736 g/mol. The zero-order chi connectivity index (χ0) is 38.7. The summed E-state index contributed by atoms with van der Waals surface area (Å²) in [6.07, 6.45) is 7.02. The predicted molar refractivity (Wildman–Crippen MR) is 218 cm³/mol. The van der Waals surface area contributed by atoms with Gasteiger partial charge in [-0.1, -0.05) is 54.0 Å². The first-order valence-corrected chi connectivity index (χ1v) is 20.5. The van der Waals surface area contributed by atoms with E-state index in [1.807, 2.05) is 54.7 Å². The predicted octanol–water partition coefficient (Wildman–Crippen LogP) is 4.81. The largest absolute Gasteiger partial charge is 0.378 e. The number of anilines is 1. The van der Waals surface area contributed by atoms with Gasteiger partial charge in [0.1, 0.15) is 11.1 Å². The first-order chi connectivity index (χ1) is 26.8. The minimum atomic E-state index is -0.870. The maximum absolute atomic E-state index is 14.7. The summed E-state index contributed by atoms with van der Waals surface area (Å²) in [5.41, 5.74) is 16.4. The highest BCUT2D eigenvalue weighted by atomic mass is 35.5. The van der Waals surface area contributed by atoms with Gasteiger partial charge in [0, 0.05) is 91.4 Å². The number of carbonyl (C=O) groups excluding carboxylic acids is 3. The Hall–Kier alpha value is -3.98. The smallest absolute Gasteiger partial charge is 0.243 e. The standard InChI is InChI=1S/C41H53ClN8O4S/c1-49-36(22-29-25-46-33-11-3-2-10-30(29)33)39(52)48-26-31-35(50-18-20-54-21-19-50)14-13-32(42)38(31)55-40-28(9-7-17-45-40)24-47-34(12-6-16-44)37(51)23-27(41(49)53)8-4-5-15-43/h2-3,7,9-11,13-14,17,25,27,34,36,46-47H,4-6,8,12,15-16,18-24,26,43-44H2,1H3,(H,48,52)/t27-,34+,36+/m1/s1. The van der Waals surface area contributed by atoms with E-state index in [2.05, 4.69) is 20.5 Å². The van der Waals surface area contributed by atoms with Crippen LogP contribution in [0, 0.1) is 5.92 Å². The molecule has 4 aromatic rings. The molecule has 14 heteroatoms. The lowest BCUT2D eigenvalue weighted by Crippen LogP contribution is -2.51. The number of hydrogen-bond acceptors (Lipinski definition) is 10. The van der Waals surface area contributed by atoms with Gasteiger partial charge in [-0.2, -0.15) is 0 Å². The molecule has 1 saturated heterocycles. The van der Waals surface area contributed by atoms with Crippen LogP contribution in [0.4, 0.5) is 5.69 Å². The molecule has 0 aliphatic carbocycles. The van der Waals surface area contributed by atoms with Gasteiger partial charge in [0.05, 0.1) is 24.3 Å². The molecule has 2 aromatic carbocycles. The van der Waals surface area contributed by atoms with Gasteiger partial charge in [0.15, 0.2) is 5.78 Å². The van der Waals surface area contributed by atoms with Crippen molar-refractivity contribution in [1.29, 1.82) is 0 Å². The van der Waals surface area contributed by atoms with Crippen LogP contribution in [-0.4, -0.2) is 91.0 Å². The van der Waals surface area contributed by atoms with Crippen molar-refractivity contribution in [2.45, 2.75) is 80.0 Å². The number of aromatic nitrogens is 2. The Bertz CT molecular complexity index is 1940. The first-order valence-electron chi connectivity index (χ1n) is 19.3. The van der Waals surface area contributed by atoms with Crippen molar-refractivity contribution in [1.82, 2.24) is 25.5 Å². The van der Waals surface area contributed by atoms with Crippen LogP contribution in [0.15, 0.2) is 70.8 Å². The summed E-state index contributed by atoms with van der Waals surface area (Å²) in [5, 5.41) is 8.99. The topological polar surface area (TPSA) is 172 Å². The summed E-state index contributed by atoms with van der Waals surface area (Å²) in [5.74, 6) is -1.23. The highest BCUT2D eigenvalue weighted by Gasteiger charge is 2.35. The number of hydrogen-bond donors (Lipinski definition) is 5. The number of carbonyl (C=O) groups is 3. The quantitative estimate of drug-likeness (QED) is 0.141.